The predicted octanol–water partition coefficient (Wildman–Crippen LogP) is 4.61. The number of ether oxygens (including phenoxy) is 1. The summed E-state index contributed by atoms with van der Waals surface area (Å²) >= 11 is 0. The van der Waals surface area contributed by atoms with Crippen molar-refractivity contribution in [1.29, 1.82) is 0 Å². The Kier molecular flexibility index (Phi) is 9.49. The van der Waals surface area contributed by atoms with E-state index in [2.05, 4.69) is 41.2 Å². The second-order valence-corrected chi connectivity index (χ2v) is 11.8. The molecule has 5 rings (SSSR count). The Labute approximate surface area is 247 Å². The van der Waals surface area contributed by atoms with E-state index in [-0.39, 0.29) is 24.5 Å². The first-order valence-electron chi connectivity index (χ1n) is 15.0. The highest BCUT2D eigenvalue weighted by Crippen LogP contribution is 2.31. The molecule has 2 aliphatic heterocycles. The maximum atomic E-state index is 13.2. The van der Waals surface area contributed by atoms with Gasteiger partial charge < -0.3 is 25.0 Å². The lowest BCUT2D eigenvalue weighted by atomic mass is 10.0. The van der Waals surface area contributed by atoms with Crippen LogP contribution < -0.4 is 10.1 Å². The van der Waals surface area contributed by atoms with Crippen LogP contribution in [-0.2, 0) is 11.3 Å². The van der Waals surface area contributed by atoms with Crippen LogP contribution in [0.25, 0.3) is 11.3 Å². The van der Waals surface area contributed by atoms with Gasteiger partial charge in [0.15, 0.2) is 0 Å². The number of β-amino-alcohol motifs (C(OH)–C–C–N with tert-alkyl or cyclic N) is 1. The smallest absolute Gasteiger partial charge is 0.251 e. The van der Waals surface area contributed by atoms with E-state index in [1.54, 1.807) is 6.07 Å². The molecule has 0 saturated carbocycles. The highest BCUT2D eigenvalue weighted by Gasteiger charge is 2.28. The molecule has 0 spiro atoms. The first-order valence-corrected chi connectivity index (χ1v) is 15.0. The Morgan fingerprint density at radius 3 is 2.45 bits per heavy atom. The average molecular weight is 572 g/mol. The SMILES string of the molecule is CC1CC(=O)N(Cc2ccc(C(=O)NC3CCN(CCO)CC3)cc2Oc2ccc(-c3ccc(C(C)C)nn3)cc2)C1. The van der Waals surface area contributed by atoms with Gasteiger partial charge in [-0.05, 0) is 73.2 Å². The highest BCUT2D eigenvalue weighted by atomic mass is 16.5. The molecule has 2 aliphatic rings. The van der Waals surface area contributed by atoms with Gasteiger partial charge in [-0.25, -0.2) is 0 Å². The van der Waals surface area contributed by atoms with Gasteiger partial charge in [0, 0.05) is 61.9 Å². The third-order valence-electron chi connectivity index (χ3n) is 8.09. The number of carbonyl (C=O) groups is 2. The number of piperidine rings is 1. The fourth-order valence-corrected chi connectivity index (χ4v) is 5.59. The lowest BCUT2D eigenvalue weighted by Crippen LogP contribution is -2.45. The summed E-state index contributed by atoms with van der Waals surface area (Å²) in [5.41, 5.74) is 4.04. The fourth-order valence-electron chi connectivity index (χ4n) is 5.59. The predicted molar refractivity (Wildman–Crippen MR) is 161 cm³/mol. The molecule has 2 saturated heterocycles. The molecule has 3 aromatic rings. The maximum absolute atomic E-state index is 13.2. The van der Waals surface area contributed by atoms with Crippen LogP contribution in [0.3, 0.4) is 0 Å². The summed E-state index contributed by atoms with van der Waals surface area (Å²) in [6.45, 7) is 9.92. The average Bonchev–Trinajstić information content (AvgIpc) is 3.31. The van der Waals surface area contributed by atoms with Crippen LogP contribution in [-0.4, -0.2) is 75.7 Å². The van der Waals surface area contributed by atoms with Gasteiger partial charge >= 0.3 is 0 Å². The van der Waals surface area contributed by atoms with E-state index in [9.17, 15) is 14.7 Å². The van der Waals surface area contributed by atoms with Crippen molar-refractivity contribution in [2.75, 3.05) is 32.8 Å². The molecule has 9 heteroatoms. The molecule has 0 aliphatic carbocycles. The number of likely N-dealkylation sites (tertiary alicyclic amines) is 2. The Morgan fingerprint density at radius 1 is 1.07 bits per heavy atom. The zero-order chi connectivity index (χ0) is 29.6. The van der Waals surface area contributed by atoms with E-state index in [0.717, 1.165) is 48.4 Å². The monoisotopic (exact) mass is 571 g/mol. The van der Waals surface area contributed by atoms with E-state index in [1.165, 1.54) is 0 Å². The van der Waals surface area contributed by atoms with Gasteiger partial charge in [-0.3, -0.25) is 9.59 Å². The number of carbonyl (C=O) groups excluding carboxylic acids is 2. The molecule has 0 bridgehead atoms. The summed E-state index contributed by atoms with van der Waals surface area (Å²) in [5.74, 6) is 1.82. The molecule has 2 N–H and O–H groups in total. The first-order chi connectivity index (χ1) is 20.3. The second kappa shape index (κ2) is 13.4. The van der Waals surface area contributed by atoms with Gasteiger partial charge in [0.05, 0.1) is 18.0 Å². The number of aliphatic hydroxyl groups is 1. The van der Waals surface area contributed by atoms with E-state index < -0.39 is 0 Å². The third kappa shape index (κ3) is 7.33. The van der Waals surface area contributed by atoms with Gasteiger partial charge in [0.1, 0.15) is 11.5 Å². The van der Waals surface area contributed by atoms with Crippen molar-refractivity contribution in [1.82, 2.24) is 25.3 Å². The summed E-state index contributed by atoms with van der Waals surface area (Å²) in [4.78, 5) is 29.9. The van der Waals surface area contributed by atoms with Crippen molar-refractivity contribution in [3.63, 3.8) is 0 Å². The van der Waals surface area contributed by atoms with Crippen molar-refractivity contribution in [2.45, 2.75) is 58.5 Å². The summed E-state index contributed by atoms with van der Waals surface area (Å²) in [6.07, 6.45) is 2.25. The van der Waals surface area contributed by atoms with Crippen molar-refractivity contribution >= 4 is 11.8 Å². The normalized spacial score (nSPS) is 18.1. The van der Waals surface area contributed by atoms with E-state index in [0.29, 0.717) is 55.0 Å². The Morgan fingerprint density at radius 2 is 1.83 bits per heavy atom. The Bertz CT molecular complexity index is 1370. The molecule has 2 fully saturated rings. The van der Waals surface area contributed by atoms with Crippen LogP contribution >= 0.6 is 0 Å². The van der Waals surface area contributed by atoms with Gasteiger partial charge in [0.2, 0.25) is 5.91 Å². The van der Waals surface area contributed by atoms with Crippen LogP contribution in [0.5, 0.6) is 11.5 Å². The Balaban J connectivity index is 1.33. The highest BCUT2D eigenvalue weighted by molar-refractivity contribution is 5.95. The summed E-state index contributed by atoms with van der Waals surface area (Å²) in [7, 11) is 0. The van der Waals surface area contributed by atoms with Crippen LogP contribution in [0.15, 0.2) is 54.6 Å². The molecule has 3 heterocycles. The van der Waals surface area contributed by atoms with Crippen molar-refractivity contribution in [3.05, 3.63) is 71.4 Å². The third-order valence-corrected chi connectivity index (χ3v) is 8.09. The molecular weight excluding hydrogens is 530 g/mol. The summed E-state index contributed by atoms with van der Waals surface area (Å²) < 4.78 is 6.36. The number of amides is 2. The molecule has 2 aromatic carbocycles. The van der Waals surface area contributed by atoms with Crippen molar-refractivity contribution in [3.8, 4) is 22.8 Å². The molecule has 1 unspecified atom stereocenters. The Hall–Kier alpha value is -3.82. The molecule has 1 aromatic heterocycles. The standard InChI is InChI=1S/C33H41N5O4/c1-22(2)29-10-11-30(36-35-29)24-6-8-28(9-7-24)42-31-19-25(4-5-26(31)21-38-20-23(3)18-32(38)40)33(41)34-27-12-14-37(15-13-27)16-17-39/h4-11,19,22-23,27,39H,12-18,20-21H2,1-3H3,(H,34,41). The lowest BCUT2D eigenvalue weighted by Gasteiger charge is -2.31. The minimum absolute atomic E-state index is 0.0884. The van der Waals surface area contributed by atoms with Gasteiger partial charge in [0.25, 0.3) is 5.91 Å². The quantitative estimate of drug-likeness (QED) is 0.366. The van der Waals surface area contributed by atoms with E-state index in [1.807, 2.05) is 53.4 Å². The molecule has 0 radical (unpaired) electrons. The number of rotatable bonds is 10. The molecule has 1 atom stereocenters. The van der Waals surface area contributed by atoms with Gasteiger partial charge in [-0.15, -0.1) is 0 Å². The maximum Gasteiger partial charge on any atom is 0.251 e. The molecule has 9 nitrogen and oxygen atoms in total. The van der Waals surface area contributed by atoms with Crippen LogP contribution in [0.4, 0.5) is 0 Å². The molecule has 42 heavy (non-hydrogen) atoms. The summed E-state index contributed by atoms with van der Waals surface area (Å²) in [5, 5.41) is 21.1. The number of aliphatic hydroxyl groups excluding tert-OH is 1. The van der Waals surface area contributed by atoms with Gasteiger partial charge in [-0.2, -0.15) is 10.2 Å². The van der Waals surface area contributed by atoms with Crippen LogP contribution in [0.1, 0.15) is 67.6 Å². The number of nitrogens with zero attached hydrogens (tertiary/aromatic N) is 4. The number of hydrogen-bond donors (Lipinski definition) is 2. The number of nitrogens with one attached hydrogen (secondary N) is 1. The minimum Gasteiger partial charge on any atom is -0.457 e. The van der Waals surface area contributed by atoms with Crippen LogP contribution in [0.2, 0.25) is 0 Å². The first kappa shape index (κ1) is 29.7. The molecule has 2 amide bonds. The molecular formula is C33H41N5O4. The lowest BCUT2D eigenvalue weighted by molar-refractivity contribution is -0.128. The number of hydrogen-bond acceptors (Lipinski definition) is 7. The van der Waals surface area contributed by atoms with Crippen molar-refractivity contribution < 1.29 is 19.4 Å². The fraction of sp³-hybridized carbons (Fsp3) is 0.455. The zero-order valence-corrected chi connectivity index (χ0v) is 24.8. The largest absolute Gasteiger partial charge is 0.457 e. The van der Waals surface area contributed by atoms with Crippen molar-refractivity contribution in [2.24, 2.45) is 5.92 Å². The zero-order valence-electron chi connectivity index (χ0n) is 24.8. The van der Waals surface area contributed by atoms with E-state index in [4.69, 9.17) is 4.74 Å². The summed E-state index contributed by atoms with van der Waals surface area (Å²) in [6, 6.07) is 17.2. The van der Waals surface area contributed by atoms with Crippen LogP contribution in [0, 0.1) is 5.92 Å². The minimum atomic E-state index is -0.142. The molecule has 222 valence electrons. The second-order valence-electron chi connectivity index (χ2n) is 11.8. The number of aromatic nitrogens is 2. The van der Waals surface area contributed by atoms with E-state index >= 15 is 0 Å². The number of benzene rings is 2. The van der Waals surface area contributed by atoms with Gasteiger partial charge in [-0.1, -0.05) is 26.8 Å². The topological polar surface area (TPSA) is 108 Å².